The molecular formula is C13H14O3S2. The molecule has 1 aliphatic rings. The molecule has 0 spiro atoms. The van der Waals surface area contributed by atoms with Gasteiger partial charge in [-0.25, -0.2) is 0 Å². The fourth-order valence-electron chi connectivity index (χ4n) is 2.15. The molecule has 0 amide bonds. The van der Waals surface area contributed by atoms with Crippen LogP contribution in [0.2, 0.25) is 0 Å². The van der Waals surface area contributed by atoms with Crippen LogP contribution < -0.4 is 0 Å². The zero-order valence-corrected chi connectivity index (χ0v) is 11.3. The summed E-state index contributed by atoms with van der Waals surface area (Å²) in [5, 5.41) is 20.9. The van der Waals surface area contributed by atoms with Crippen molar-refractivity contribution in [3.8, 4) is 9.75 Å². The summed E-state index contributed by atoms with van der Waals surface area (Å²) in [5.74, 6) is 0. The summed E-state index contributed by atoms with van der Waals surface area (Å²) in [6.45, 7) is -0.124. The van der Waals surface area contributed by atoms with Crippen LogP contribution in [0.15, 0.2) is 29.6 Å². The standard InChI is InChI=1S/C13H14O3S2/c14-7-10-8(15)6-9(16-10)11-3-4-13(18-11)12-2-1-5-17-12/h1-5,8-10,14-15H,6-7H2/t8-,9+,10+/m0/s1. The van der Waals surface area contributed by atoms with Crippen molar-refractivity contribution in [3.63, 3.8) is 0 Å². The highest BCUT2D eigenvalue weighted by molar-refractivity contribution is 7.21. The average molecular weight is 282 g/mol. The van der Waals surface area contributed by atoms with Crippen molar-refractivity contribution in [2.75, 3.05) is 6.61 Å². The van der Waals surface area contributed by atoms with Gasteiger partial charge in [0.15, 0.2) is 0 Å². The average Bonchev–Trinajstić information content (AvgIpc) is 3.08. The van der Waals surface area contributed by atoms with Crippen molar-refractivity contribution in [2.24, 2.45) is 0 Å². The summed E-state index contributed by atoms with van der Waals surface area (Å²) in [7, 11) is 0. The highest BCUT2D eigenvalue weighted by Crippen LogP contribution is 2.40. The number of ether oxygens (including phenoxy) is 1. The molecule has 2 N–H and O–H groups in total. The molecule has 3 atom stereocenters. The van der Waals surface area contributed by atoms with E-state index in [-0.39, 0.29) is 12.7 Å². The van der Waals surface area contributed by atoms with E-state index in [1.165, 1.54) is 9.75 Å². The second kappa shape index (κ2) is 5.11. The molecule has 96 valence electrons. The Bertz CT molecular complexity index is 506. The van der Waals surface area contributed by atoms with Gasteiger partial charge in [-0.2, -0.15) is 0 Å². The van der Waals surface area contributed by atoms with E-state index < -0.39 is 12.2 Å². The van der Waals surface area contributed by atoms with Gasteiger partial charge in [0.2, 0.25) is 0 Å². The Kier molecular flexibility index (Phi) is 3.50. The molecule has 5 heteroatoms. The fraction of sp³-hybridized carbons (Fsp3) is 0.385. The molecule has 0 radical (unpaired) electrons. The van der Waals surface area contributed by atoms with Crippen LogP contribution in [0.25, 0.3) is 9.75 Å². The van der Waals surface area contributed by atoms with Crippen molar-refractivity contribution in [2.45, 2.75) is 24.7 Å². The lowest BCUT2D eigenvalue weighted by Crippen LogP contribution is -2.24. The van der Waals surface area contributed by atoms with Crippen molar-refractivity contribution in [3.05, 3.63) is 34.5 Å². The molecule has 1 fully saturated rings. The van der Waals surface area contributed by atoms with E-state index in [1.807, 2.05) is 6.07 Å². The first-order valence-corrected chi connectivity index (χ1v) is 7.55. The van der Waals surface area contributed by atoms with E-state index in [1.54, 1.807) is 22.7 Å². The summed E-state index contributed by atoms with van der Waals surface area (Å²) < 4.78 is 5.65. The van der Waals surface area contributed by atoms with E-state index in [4.69, 9.17) is 9.84 Å². The minimum atomic E-state index is -0.563. The molecule has 3 heterocycles. The molecule has 0 aromatic carbocycles. The Morgan fingerprint density at radius 1 is 1.28 bits per heavy atom. The minimum Gasteiger partial charge on any atom is -0.394 e. The quantitative estimate of drug-likeness (QED) is 0.910. The Labute approximate surface area is 113 Å². The number of rotatable bonds is 3. The summed E-state index contributed by atoms with van der Waals surface area (Å²) in [4.78, 5) is 3.60. The van der Waals surface area contributed by atoms with Crippen LogP contribution >= 0.6 is 22.7 Å². The first kappa shape index (κ1) is 12.3. The molecule has 2 aromatic heterocycles. The summed E-state index contributed by atoms with van der Waals surface area (Å²) in [6, 6.07) is 8.28. The van der Waals surface area contributed by atoms with Gasteiger partial charge in [-0.3, -0.25) is 0 Å². The van der Waals surface area contributed by atoms with Gasteiger partial charge in [0, 0.05) is 21.1 Å². The van der Waals surface area contributed by atoms with Gasteiger partial charge >= 0.3 is 0 Å². The summed E-state index contributed by atoms with van der Waals surface area (Å²) in [5.41, 5.74) is 0. The first-order chi connectivity index (χ1) is 8.78. The van der Waals surface area contributed by atoms with Gasteiger partial charge in [-0.1, -0.05) is 6.07 Å². The second-order valence-corrected chi connectivity index (χ2v) is 6.39. The van der Waals surface area contributed by atoms with E-state index >= 15 is 0 Å². The maximum Gasteiger partial charge on any atom is 0.107 e. The van der Waals surface area contributed by atoms with E-state index in [2.05, 4.69) is 23.6 Å². The number of hydrogen-bond acceptors (Lipinski definition) is 5. The fourth-order valence-corrected chi connectivity index (χ4v) is 4.05. The zero-order valence-electron chi connectivity index (χ0n) is 9.65. The number of aliphatic hydroxyl groups excluding tert-OH is 2. The Morgan fingerprint density at radius 3 is 2.83 bits per heavy atom. The third-order valence-electron chi connectivity index (χ3n) is 3.11. The predicted molar refractivity (Wildman–Crippen MR) is 73.0 cm³/mol. The lowest BCUT2D eigenvalue weighted by Gasteiger charge is -2.10. The van der Waals surface area contributed by atoms with E-state index in [0.29, 0.717) is 6.42 Å². The number of thiophene rings is 2. The smallest absolute Gasteiger partial charge is 0.107 e. The van der Waals surface area contributed by atoms with Gasteiger partial charge in [-0.15, -0.1) is 22.7 Å². The molecule has 1 saturated heterocycles. The first-order valence-electron chi connectivity index (χ1n) is 5.86. The minimum absolute atomic E-state index is 0.0872. The van der Waals surface area contributed by atoms with Crippen molar-refractivity contribution >= 4 is 22.7 Å². The van der Waals surface area contributed by atoms with Gasteiger partial charge in [0.25, 0.3) is 0 Å². The molecule has 2 aromatic rings. The van der Waals surface area contributed by atoms with Gasteiger partial charge in [-0.05, 0) is 23.6 Å². The van der Waals surface area contributed by atoms with Crippen LogP contribution in [0.1, 0.15) is 17.4 Å². The molecular weight excluding hydrogens is 268 g/mol. The monoisotopic (exact) mass is 282 g/mol. The summed E-state index contributed by atoms with van der Waals surface area (Å²) >= 11 is 3.41. The number of aliphatic hydroxyl groups is 2. The Hall–Kier alpha value is -0.720. The van der Waals surface area contributed by atoms with Gasteiger partial charge in [0.1, 0.15) is 6.10 Å². The summed E-state index contributed by atoms with van der Waals surface area (Å²) in [6.07, 6.45) is -0.527. The predicted octanol–water partition coefficient (Wildman–Crippen LogP) is 2.66. The second-order valence-electron chi connectivity index (χ2n) is 4.33. The van der Waals surface area contributed by atoms with Crippen LogP contribution in [-0.2, 0) is 4.74 Å². The molecule has 0 bridgehead atoms. The molecule has 18 heavy (non-hydrogen) atoms. The van der Waals surface area contributed by atoms with Crippen LogP contribution in [0.5, 0.6) is 0 Å². The Morgan fingerprint density at radius 2 is 2.17 bits per heavy atom. The molecule has 3 nitrogen and oxygen atoms in total. The maximum absolute atomic E-state index is 9.73. The molecule has 3 rings (SSSR count). The number of hydrogen-bond donors (Lipinski definition) is 2. The molecule has 0 saturated carbocycles. The SMILES string of the molecule is OC[C@H]1O[C@@H](c2ccc(-c3cccs3)s2)C[C@@H]1O. The van der Waals surface area contributed by atoms with Gasteiger partial charge < -0.3 is 14.9 Å². The van der Waals surface area contributed by atoms with E-state index in [9.17, 15) is 5.11 Å². The van der Waals surface area contributed by atoms with Gasteiger partial charge in [0.05, 0.1) is 18.8 Å². The molecule has 1 aliphatic heterocycles. The topological polar surface area (TPSA) is 49.7 Å². The van der Waals surface area contributed by atoms with Crippen LogP contribution in [0.3, 0.4) is 0 Å². The Balaban J connectivity index is 1.78. The maximum atomic E-state index is 9.73. The normalized spacial score (nSPS) is 27.8. The van der Waals surface area contributed by atoms with Crippen molar-refractivity contribution in [1.29, 1.82) is 0 Å². The highest BCUT2D eigenvalue weighted by atomic mass is 32.1. The van der Waals surface area contributed by atoms with Crippen molar-refractivity contribution < 1.29 is 14.9 Å². The third-order valence-corrected chi connectivity index (χ3v) is 5.35. The highest BCUT2D eigenvalue weighted by Gasteiger charge is 2.34. The van der Waals surface area contributed by atoms with Crippen LogP contribution in [-0.4, -0.2) is 29.0 Å². The zero-order chi connectivity index (χ0) is 12.5. The molecule has 0 unspecified atom stereocenters. The lowest BCUT2D eigenvalue weighted by molar-refractivity contribution is -0.0216. The third kappa shape index (κ3) is 2.24. The van der Waals surface area contributed by atoms with Crippen LogP contribution in [0, 0.1) is 0 Å². The van der Waals surface area contributed by atoms with Crippen molar-refractivity contribution in [1.82, 2.24) is 0 Å². The largest absolute Gasteiger partial charge is 0.394 e. The molecule has 0 aliphatic carbocycles. The lowest BCUT2D eigenvalue weighted by atomic mass is 10.1. The van der Waals surface area contributed by atoms with Crippen LogP contribution in [0.4, 0.5) is 0 Å². The van der Waals surface area contributed by atoms with E-state index in [0.717, 1.165) is 4.88 Å².